The molecule has 0 unspecified atom stereocenters. The highest BCUT2D eigenvalue weighted by atomic mass is 16.5. The fraction of sp³-hybridized carbons (Fsp3) is 0.222. The summed E-state index contributed by atoms with van der Waals surface area (Å²) in [4.78, 5) is 23.1. The predicted molar refractivity (Wildman–Crippen MR) is 85.9 cm³/mol. The van der Waals surface area contributed by atoms with Crippen molar-refractivity contribution in [2.75, 3.05) is 0 Å². The van der Waals surface area contributed by atoms with Crippen LogP contribution in [0.1, 0.15) is 34.0 Å². The van der Waals surface area contributed by atoms with Crippen molar-refractivity contribution in [3.8, 4) is 5.75 Å². The SMILES string of the molecule is CC(=O)OCc1ccc(OC(=O)c2ccccc2C)cc1CN. The van der Waals surface area contributed by atoms with Gasteiger partial charge in [0.05, 0.1) is 5.56 Å². The van der Waals surface area contributed by atoms with E-state index < -0.39 is 5.97 Å². The number of carbonyl (C=O) groups excluding carboxylic acids is 2. The molecule has 0 saturated carbocycles. The molecule has 0 aromatic heterocycles. The molecule has 2 rings (SSSR count). The minimum absolute atomic E-state index is 0.147. The summed E-state index contributed by atoms with van der Waals surface area (Å²) in [5, 5.41) is 0. The summed E-state index contributed by atoms with van der Waals surface area (Å²) >= 11 is 0. The molecule has 0 aliphatic rings. The maximum Gasteiger partial charge on any atom is 0.343 e. The first-order valence-electron chi connectivity index (χ1n) is 7.24. The molecule has 0 radical (unpaired) electrons. The van der Waals surface area contributed by atoms with Gasteiger partial charge in [0, 0.05) is 13.5 Å². The van der Waals surface area contributed by atoms with Crippen molar-refractivity contribution in [3.63, 3.8) is 0 Å². The summed E-state index contributed by atoms with van der Waals surface area (Å²) < 4.78 is 10.4. The van der Waals surface area contributed by atoms with Gasteiger partial charge in [0.15, 0.2) is 0 Å². The van der Waals surface area contributed by atoms with E-state index >= 15 is 0 Å². The number of nitrogens with two attached hydrogens (primary N) is 1. The van der Waals surface area contributed by atoms with Gasteiger partial charge in [-0.25, -0.2) is 4.79 Å². The topological polar surface area (TPSA) is 78.6 Å². The lowest BCUT2D eigenvalue weighted by atomic mass is 10.1. The maximum absolute atomic E-state index is 12.2. The number of rotatable bonds is 5. The van der Waals surface area contributed by atoms with Crippen molar-refractivity contribution < 1.29 is 19.1 Å². The van der Waals surface area contributed by atoms with Crippen LogP contribution in [0.5, 0.6) is 5.75 Å². The van der Waals surface area contributed by atoms with Crippen molar-refractivity contribution in [2.24, 2.45) is 5.73 Å². The van der Waals surface area contributed by atoms with Gasteiger partial charge in [-0.15, -0.1) is 0 Å². The van der Waals surface area contributed by atoms with Crippen LogP contribution in [0.15, 0.2) is 42.5 Å². The second-order valence-corrected chi connectivity index (χ2v) is 5.12. The number of aryl methyl sites for hydroxylation is 1. The van der Waals surface area contributed by atoms with Crippen molar-refractivity contribution in [2.45, 2.75) is 27.0 Å². The lowest BCUT2D eigenvalue weighted by molar-refractivity contribution is -0.142. The smallest absolute Gasteiger partial charge is 0.343 e. The molecule has 120 valence electrons. The predicted octanol–water partition coefficient (Wildman–Crippen LogP) is 2.74. The normalized spacial score (nSPS) is 10.2. The summed E-state index contributed by atoms with van der Waals surface area (Å²) in [7, 11) is 0. The van der Waals surface area contributed by atoms with Crippen LogP contribution in [0.3, 0.4) is 0 Å². The lowest BCUT2D eigenvalue weighted by Gasteiger charge is -2.11. The summed E-state index contributed by atoms with van der Waals surface area (Å²) in [6.45, 7) is 3.60. The van der Waals surface area contributed by atoms with E-state index in [9.17, 15) is 9.59 Å². The van der Waals surface area contributed by atoms with Crippen LogP contribution in [-0.2, 0) is 22.7 Å². The molecule has 0 atom stereocenters. The van der Waals surface area contributed by atoms with Crippen LogP contribution < -0.4 is 10.5 Å². The molecule has 0 amide bonds. The number of benzene rings is 2. The summed E-state index contributed by atoms with van der Waals surface area (Å²) in [5.41, 5.74) is 8.64. The molecule has 0 aliphatic heterocycles. The molecule has 0 saturated heterocycles. The molecule has 0 spiro atoms. The van der Waals surface area contributed by atoms with Crippen LogP contribution in [0, 0.1) is 6.92 Å². The van der Waals surface area contributed by atoms with E-state index in [4.69, 9.17) is 15.2 Å². The van der Waals surface area contributed by atoms with E-state index in [1.165, 1.54) is 6.92 Å². The van der Waals surface area contributed by atoms with Gasteiger partial charge >= 0.3 is 11.9 Å². The zero-order valence-electron chi connectivity index (χ0n) is 13.2. The van der Waals surface area contributed by atoms with Gasteiger partial charge in [0.25, 0.3) is 0 Å². The van der Waals surface area contributed by atoms with Crippen LogP contribution in [0.4, 0.5) is 0 Å². The van der Waals surface area contributed by atoms with Crippen LogP contribution >= 0.6 is 0 Å². The second-order valence-electron chi connectivity index (χ2n) is 5.12. The van der Waals surface area contributed by atoms with Gasteiger partial charge in [0.1, 0.15) is 12.4 Å². The largest absolute Gasteiger partial charge is 0.461 e. The Hall–Kier alpha value is -2.66. The molecule has 0 heterocycles. The maximum atomic E-state index is 12.2. The lowest BCUT2D eigenvalue weighted by Crippen LogP contribution is -2.11. The Bertz CT molecular complexity index is 725. The second kappa shape index (κ2) is 7.56. The number of hydrogen-bond acceptors (Lipinski definition) is 5. The summed E-state index contributed by atoms with van der Waals surface area (Å²) in [5.74, 6) is -0.368. The molecule has 0 bridgehead atoms. The third-order valence-electron chi connectivity index (χ3n) is 3.40. The van der Waals surface area contributed by atoms with Gasteiger partial charge in [-0.3, -0.25) is 4.79 Å². The first-order chi connectivity index (χ1) is 11.0. The highest BCUT2D eigenvalue weighted by Crippen LogP contribution is 2.20. The molecular formula is C18H19NO4. The van der Waals surface area contributed by atoms with Crippen LogP contribution in [0.25, 0.3) is 0 Å². The third kappa shape index (κ3) is 4.40. The van der Waals surface area contributed by atoms with E-state index in [0.717, 1.165) is 16.7 Å². The van der Waals surface area contributed by atoms with E-state index in [-0.39, 0.29) is 19.1 Å². The first-order valence-corrected chi connectivity index (χ1v) is 7.24. The Labute approximate surface area is 135 Å². The molecule has 2 N–H and O–H groups in total. The summed E-state index contributed by atoms with van der Waals surface area (Å²) in [6.07, 6.45) is 0. The van der Waals surface area contributed by atoms with Crippen molar-refractivity contribution in [1.82, 2.24) is 0 Å². The molecule has 0 fully saturated rings. The Morgan fingerprint density at radius 1 is 1.09 bits per heavy atom. The molecule has 2 aromatic carbocycles. The first kappa shape index (κ1) is 16.7. The zero-order chi connectivity index (χ0) is 16.8. The number of hydrogen-bond donors (Lipinski definition) is 1. The van der Waals surface area contributed by atoms with Crippen LogP contribution in [-0.4, -0.2) is 11.9 Å². The molecule has 5 nitrogen and oxygen atoms in total. The number of esters is 2. The van der Waals surface area contributed by atoms with Crippen molar-refractivity contribution in [3.05, 3.63) is 64.7 Å². The molecule has 5 heteroatoms. The third-order valence-corrected chi connectivity index (χ3v) is 3.40. The van der Waals surface area contributed by atoms with Crippen LogP contribution in [0.2, 0.25) is 0 Å². The zero-order valence-corrected chi connectivity index (χ0v) is 13.2. The van der Waals surface area contributed by atoms with Crippen molar-refractivity contribution >= 4 is 11.9 Å². The standard InChI is InChI=1S/C18H19NO4/c1-12-5-3-4-6-17(12)18(21)23-16-8-7-14(11-22-13(2)20)15(9-16)10-19/h3-9H,10-11,19H2,1-2H3. The summed E-state index contributed by atoms with van der Waals surface area (Å²) in [6, 6.07) is 12.3. The highest BCUT2D eigenvalue weighted by Gasteiger charge is 2.12. The van der Waals surface area contributed by atoms with E-state index in [1.807, 2.05) is 19.1 Å². The quantitative estimate of drug-likeness (QED) is 0.678. The fourth-order valence-electron chi connectivity index (χ4n) is 2.14. The molecule has 2 aromatic rings. The fourth-order valence-corrected chi connectivity index (χ4v) is 2.14. The van der Waals surface area contributed by atoms with Crippen molar-refractivity contribution in [1.29, 1.82) is 0 Å². The van der Waals surface area contributed by atoms with E-state index in [1.54, 1.807) is 30.3 Å². The number of carbonyl (C=O) groups is 2. The van der Waals surface area contributed by atoms with Gasteiger partial charge < -0.3 is 15.2 Å². The monoisotopic (exact) mass is 313 g/mol. The molecule has 0 aliphatic carbocycles. The Morgan fingerprint density at radius 3 is 2.48 bits per heavy atom. The van der Waals surface area contributed by atoms with E-state index in [2.05, 4.69) is 0 Å². The Balaban J connectivity index is 2.16. The average Bonchev–Trinajstić information content (AvgIpc) is 2.53. The molecular weight excluding hydrogens is 294 g/mol. The Kier molecular flexibility index (Phi) is 5.49. The van der Waals surface area contributed by atoms with Gasteiger partial charge in [0.2, 0.25) is 0 Å². The highest BCUT2D eigenvalue weighted by molar-refractivity contribution is 5.92. The average molecular weight is 313 g/mol. The van der Waals surface area contributed by atoms with E-state index in [0.29, 0.717) is 11.3 Å². The molecule has 23 heavy (non-hydrogen) atoms. The Morgan fingerprint density at radius 2 is 1.83 bits per heavy atom. The van der Waals surface area contributed by atoms with Gasteiger partial charge in [-0.05, 0) is 41.8 Å². The van der Waals surface area contributed by atoms with Gasteiger partial charge in [-0.1, -0.05) is 24.3 Å². The van der Waals surface area contributed by atoms with Gasteiger partial charge in [-0.2, -0.15) is 0 Å². The number of ether oxygens (including phenoxy) is 2. The minimum atomic E-state index is -0.418. The minimum Gasteiger partial charge on any atom is -0.461 e.